The highest BCUT2D eigenvalue weighted by molar-refractivity contribution is 6.04. The fourth-order valence-electron chi connectivity index (χ4n) is 1.99. The first kappa shape index (κ1) is 14.0. The number of carbonyl (C=O) groups is 1. The van der Waals surface area contributed by atoms with Gasteiger partial charge < -0.3 is 11.1 Å². The van der Waals surface area contributed by atoms with E-state index in [1.807, 2.05) is 32.4 Å². The fraction of sp³-hybridized carbons (Fsp3) is 0.357. The highest BCUT2D eigenvalue weighted by Gasteiger charge is 2.21. The monoisotopic (exact) mass is 273 g/mol. The van der Waals surface area contributed by atoms with E-state index in [1.165, 1.54) is 6.20 Å². The summed E-state index contributed by atoms with van der Waals surface area (Å²) in [6.07, 6.45) is 3.11. The van der Waals surface area contributed by atoms with Gasteiger partial charge in [0.25, 0.3) is 5.91 Å². The second-order valence-electron chi connectivity index (χ2n) is 5.65. The van der Waals surface area contributed by atoms with Gasteiger partial charge in [-0.15, -0.1) is 0 Å². The average molecular weight is 273 g/mol. The summed E-state index contributed by atoms with van der Waals surface area (Å²) in [6, 6.07) is 3.35. The Morgan fingerprint density at radius 3 is 2.50 bits per heavy atom. The van der Waals surface area contributed by atoms with Crippen LogP contribution in [0.5, 0.6) is 0 Å². The van der Waals surface area contributed by atoms with E-state index < -0.39 is 0 Å². The molecular weight excluding hydrogens is 254 g/mol. The minimum Gasteiger partial charge on any atom is -0.384 e. The summed E-state index contributed by atoms with van der Waals surface area (Å²) in [5, 5.41) is 7.06. The minimum atomic E-state index is -0.204. The van der Waals surface area contributed by atoms with E-state index in [-0.39, 0.29) is 11.4 Å². The zero-order valence-electron chi connectivity index (χ0n) is 12.1. The van der Waals surface area contributed by atoms with Crippen molar-refractivity contribution in [3.05, 3.63) is 35.8 Å². The molecule has 0 saturated heterocycles. The second kappa shape index (κ2) is 4.96. The van der Waals surface area contributed by atoms with Gasteiger partial charge in [0, 0.05) is 5.69 Å². The van der Waals surface area contributed by atoms with E-state index in [4.69, 9.17) is 5.73 Å². The van der Waals surface area contributed by atoms with Gasteiger partial charge in [-0.1, -0.05) is 0 Å². The van der Waals surface area contributed by atoms with Crippen LogP contribution in [0.1, 0.15) is 36.8 Å². The van der Waals surface area contributed by atoms with Gasteiger partial charge >= 0.3 is 0 Å². The number of hydrogen-bond donors (Lipinski definition) is 2. The number of nitrogens with one attached hydrogen (secondary N) is 1. The molecule has 2 heterocycles. The van der Waals surface area contributed by atoms with Crippen LogP contribution in [-0.2, 0) is 5.54 Å². The Morgan fingerprint density at radius 2 is 2.00 bits per heavy atom. The van der Waals surface area contributed by atoms with Crippen molar-refractivity contribution < 1.29 is 4.79 Å². The Bertz CT molecular complexity index is 622. The van der Waals surface area contributed by atoms with E-state index in [0.29, 0.717) is 17.1 Å². The third kappa shape index (κ3) is 2.79. The topological polar surface area (TPSA) is 85.8 Å². The van der Waals surface area contributed by atoms with Gasteiger partial charge in [-0.3, -0.25) is 9.48 Å². The molecule has 2 rings (SSSR count). The van der Waals surface area contributed by atoms with Gasteiger partial charge in [0.15, 0.2) is 0 Å². The summed E-state index contributed by atoms with van der Waals surface area (Å²) in [4.78, 5) is 16.2. The number of pyridine rings is 1. The minimum absolute atomic E-state index is 0.161. The van der Waals surface area contributed by atoms with Crippen LogP contribution in [0.2, 0.25) is 0 Å². The number of anilines is 2. The fourth-order valence-corrected chi connectivity index (χ4v) is 1.99. The van der Waals surface area contributed by atoms with E-state index in [9.17, 15) is 4.79 Å². The third-order valence-electron chi connectivity index (χ3n) is 2.93. The Balaban J connectivity index is 2.22. The molecule has 0 saturated carbocycles. The molecule has 0 radical (unpaired) electrons. The van der Waals surface area contributed by atoms with Crippen molar-refractivity contribution in [1.82, 2.24) is 14.8 Å². The lowest BCUT2D eigenvalue weighted by Gasteiger charge is -2.21. The first-order valence-electron chi connectivity index (χ1n) is 6.37. The highest BCUT2D eigenvalue weighted by atomic mass is 16.1. The van der Waals surface area contributed by atoms with Crippen LogP contribution in [0, 0.1) is 6.92 Å². The van der Waals surface area contributed by atoms with Gasteiger partial charge in [-0.05, 0) is 39.8 Å². The van der Waals surface area contributed by atoms with Crippen molar-refractivity contribution in [2.75, 3.05) is 11.1 Å². The van der Waals surface area contributed by atoms with Crippen LogP contribution in [0.25, 0.3) is 0 Å². The molecule has 2 aromatic heterocycles. The van der Waals surface area contributed by atoms with Gasteiger partial charge in [0.05, 0.1) is 29.2 Å². The Kier molecular flexibility index (Phi) is 3.48. The van der Waals surface area contributed by atoms with Crippen molar-refractivity contribution in [1.29, 1.82) is 0 Å². The lowest BCUT2D eigenvalue weighted by Crippen LogP contribution is -2.25. The molecule has 2 aromatic rings. The quantitative estimate of drug-likeness (QED) is 0.878. The van der Waals surface area contributed by atoms with E-state index in [1.54, 1.807) is 18.3 Å². The number of nitrogen functional groups attached to an aromatic ring is 1. The summed E-state index contributed by atoms with van der Waals surface area (Å²) < 4.78 is 1.84. The summed E-state index contributed by atoms with van der Waals surface area (Å²) in [5.74, 6) is 0.212. The maximum atomic E-state index is 12.2. The SMILES string of the molecule is Cc1c(C(=O)Nc2ccc(N)nc2)cnn1C(C)(C)C. The summed E-state index contributed by atoms with van der Waals surface area (Å²) in [7, 11) is 0. The average Bonchev–Trinajstić information content (AvgIpc) is 2.74. The molecule has 6 heteroatoms. The number of aromatic nitrogens is 3. The number of nitrogens with two attached hydrogens (primary N) is 1. The van der Waals surface area contributed by atoms with E-state index in [0.717, 1.165) is 5.69 Å². The van der Waals surface area contributed by atoms with Crippen molar-refractivity contribution in [2.45, 2.75) is 33.2 Å². The summed E-state index contributed by atoms with van der Waals surface area (Å²) in [5.41, 5.74) is 7.33. The molecule has 0 aliphatic carbocycles. The molecule has 106 valence electrons. The van der Waals surface area contributed by atoms with Crippen LogP contribution >= 0.6 is 0 Å². The van der Waals surface area contributed by atoms with Crippen LogP contribution in [0.15, 0.2) is 24.5 Å². The summed E-state index contributed by atoms with van der Waals surface area (Å²) >= 11 is 0. The number of hydrogen-bond acceptors (Lipinski definition) is 4. The molecule has 0 bridgehead atoms. The van der Waals surface area contributed by atoms with Gasteiger partial charge in [0.2, 0.25) is 0 Å². The van der Waals surface area contributed by atoms with E-state index >= 15 is 0 Å². The van der Waals surface area contributed by atoms with Gasteiger partial charge in [-0.25, -0.2) is 4.98 Å². The Morgan fingerprint density at radius 1 is 1.30 bits per heavy atom. The third-order valence-corrected chi connectivity index (χ3v) is 2.93. The largest absolute Gasteiger partial charge is 0.384 e. The first-order chi connectivity index (χ1) is 9.29. The predicted octanol–water partition coefficient (Wildman–Crippen LogP) is 2.18. The Labute approximate surface area is 118 Å². The number of nitrogens with zero attached hydrogens (tertiary/aromatic N) is 3. The van der Waals surface area contributed by atoms with Gasteiger partial charge in [0.1, 0.15) is 5.82 Å². The lowest BCUT2D eigenvalue weighted by molar-refractivity contribution is 0.102. The molecule has 20 heavy (non-hydrogen) atoms. The molecule has 0 unspecified atom stereocenters. The standard InChI is InChI=1S/C14H19N5O/c1-9-11(8-17-19(9)14(2,3)4)13(20)18-10-5-6-12(15)16-7-10/h5-8H,1-4H3,(H2,15,16)(H,18,20). The molecule has 0 aliphatic rings. The molecule has 1 amide bonds. The van der Waals surface area contributed by atoms with Gasteiger partial charge in [-0.2, -0.15) is 5.10 Å². The van der Waals surface area contributed by atoms with Crippen LogP contribution in [-0.4, -0.2) is 20.7 Å². The molecular formula is C14H19N5O. The van der Waals surface area contributed by atoms with Crippen LogP contribution < -0.4 is 11.1 Å². The summed E-state index contributed by atoms with van der Waals surface area (Å²) in [6.45, 7) is 8.00. The molecule has 6 nitrogen and oxygen atoms in total. The Hall–Kier alpha value is -2.37. The molecule has 3 N–H and O–H groups in total. The lowest BCUT2D eigenvalue weighted by atomic mass is 10.1. The molecule has 0 aromatic carbocycles. The number of amides is 1. The smallest absolute Gasteiger partial charge is 0.259 e. The van der Waals surface area contributed by atoms with E-state index in [2.05, 4.69) is 15.4 Å². The van der Waals surface area contributed by atoms with Crippen molar-refractivity contribution in [3.63, 3.8) is 0 Å². The first-order valence-corrected chi connectivity index (χ1v) is 6.37. The maximum absolute atomic E-state index is 12.2. The highest BCUT2D eigenvalue weighted by Crippen LogP contribution is 2.19. The molecule has 0 atom stereocenters. The zero-order valence-corrected chi connectivity index (χ0v) is 12.1. The number of rotatable bonds is 2. The predicted molar refractivity (Wildman–Crippen MR) is 78.6 cm³/mol. The van der Waals surface area contributed by atoms with Crippen LogP contribution in [0.3, 0.4) is 0 Å². The molecule has 0 fully saturated rings. The molecule has 0 spiro atoms. The van der Waals surface area contributed by atoms with Crippen molar-refractivity contribution in [3.8, 4) is 0 Å². The van der Waals surface area contributed by atoms with Crippen molar-refractivity contribution >= 4 is 17.4 Å². The zero-order chi connectivity index (χ0) is 14.9. The van der Waals surface area contributed by atoms with Crippen molar-refractivity contribution in [2.24, 2.45) is 0 Å². The maximum Gasteiger partial charge on any atom is 0.259 e. The van der Waals surface area contributed by atoms with Crippen LogP contribution in [0.4, 0.5) is 11.5 Å². The number of carbonyl (C=O) groups excluding carboxylic acids is 1. The second-order valence-corrected chi connectivity index (χ2v) is 5.65. The molecule has 0 aliphatic heterocycles. The normalized spacial score (nSPS) is 11.4.